The largest absolute Gasteiger partial charge is 0.377 e. The molecule has 0 fully saturated rings. The van der Waals surface area contributed by atoms with E-state index in [-0.39, 0.29) is 6.10 Å². The first-order chi connectivity index (χ1) is 8.29. The summed E-state index contributed by atoms with van der Waals surface area (Å²) in [6.45, 7) is 5.58. The van der Waals surface area contributed by atoms with E-state index in [1.807, 2.05) is 31.2 Å². The van der Waals surface area contributed by atoms with Gasteiger partial charge in [-0.15, -0.1) is 0 Å². The van der Waals surface area contributed by atoms with Gasteiger partial charge in [-0.1, -0.05) is 18.2 Å². The Morgan fingerprint density at radius 1 is 1.24 bits per heavy atom. The molecule has 0 aliphatic rings. The normalized spacial score (nSPS) is 12.6. The number of hydrogen-bond donors (Lipinski definition) is 1. The summed E-state index contributed by atoms with van der Waals surface area (Å²) in [5.41, 5.74) is 1.02. The van der Waals surface area contributed by atoms with Gasteiger partial charge in [0, 0.05) is 18.5 Å². The summed E-state index contributed by atoms with van der Waals surface area (Å²) in [6.07, 6.45) is 0.202. The third-order valence-corrected chi connectivity index (χ3v) is 2.62. The fourth-order valence-corrected chi connectivity index (χ4v) is 1.76. The van der Waals surface area contributed by atoms with Gasteiger partial charge in [-0.25, -0.2) is 4.98 Å². The molecule has 1 aromatic carbocycles. The van der Waals surface area contributed by atoms with Gasteiger partial charge in [-0.2, -0.15) is 0 Å². The van der Waals surface area contributed by atoms with Crippen LogP contribution in [-0.4, -0.2) is 24.2 Å². The van der Waals surface area contributed by atoms with Gasteiger partial charge in [0.15, 0.2) is 0 Å². The van der Waals surface area contributed by atoms with Crippen molar-refractivity contribution in [1.82, 2.24) is 4.98 Å². The van der Waals surface area contributed by atoms with Crippen LogP contribution in [0.5, 0.6) is 0 Å². The fraction of sp³-hybridized carbons (Fsp3) is 0.357. The van der Waals surface area contributed by atoms with Crippen LogP contribution in [0.15, 0.2) is 36.4 Å². The van der Waals surface area contributed by atoms with Crippen molar-refractivity contribution >= 4 is 16.7 Å². The molecular weight excluding hydrogens is 212 g/mol. The number of aromatic nitrogens is 1. The van der Waals surface area contributed by atoms with E-state index < -0.39 is 0 Å². The molecule has 3 heteroatoms. The second-order valence-electron chi connectivity index (χ2n) is 4.04. The summed E-state index contributed by atoms with van der Waals surface area (Å²) >= 11 is 0. The minimum atomic E-state index is 0.202. The van der Waals surface area contributed by atoms with Gasteiger partial charge in [0.1, 0.15) is 5.82 Å². The summed E-state index contributed by atoms with van der Waals surface area (Å²) in [4.78, 5) is 4.54. The Labute approximate surface area is 102 Å². The first-order valence-electron chi connectivity index (χ1n) is 6.01. The van der Waals surface area contributed by atoms with Crippen LogP contribution in [0.2, 0.25) is 0 Å². The molecule has 1 heterocycles. The van der Waals surface area contributed by atoms with Crippen molar-refractivity contribution in [3.63, 3.8) is 0 Å². The van der Waals surface area contributed by atoms with Crippen molar-refractivity contribution < 1.29 is 4.74 Å². The van der Waals surface area contributed by atoms with E-state index in [2.05, 4.69) is 29.4 Å². The molecule has 0 bridgehead atoms. The van der Waals surface area contributed by atoms with Gasteiger partial charge in [0.25, 0.3) is 0 Å². The van der Waals surface area contributed by atoms with E-state index in [9.17, 15) is 0 Å². The lowest BCUT2D eigenvalue weighted by atomic mass is 10.2. The molecule has 1 unspecified atom stereocenters. The number of nitrogens with one attached hydrogen (secondary N) is 1. The molecule has 2 rings (SSSR count). The van der Waals surface area contributed by atoms with Crippen LogP contribution in [0.3, 0.4) is 0 Å². The Bertz CT molecular complexity index is 484. The van der Waals surface area contributed by atoms with E-state index in [1.165, 1.54) is 0 Å². The van der Waals surface area contributed by atoms with Crippen LogP contribution in [0.4, 0.5) is 5.82 Å². The zero-order chi connectivity index (χ0) is 12.1. The zero-order valence-corrected chi connectivity index (χ0v) is 10.3. The lowest BCUT2D eigenvalue weighted by molar-refractivity contribution is 0.0855. The molecule has 1 aromatic heterocycles. The predicted molar refractivity (Wildman–Crippen MR) is 71.3 cm³/mol. The summed E-state index contributed by atoms with van der Waals surface area (Å²) < 4.78 is 5.46. The van der Waals surface area contributed by atoms with E-state index in [4.69, 9.17) is 4.74 Å². The van der Waals surface area contributed by atoms with Crippen molar-refractivity contribution in [3.05, 3.63) is 36.4 Å². The molecule has 0 aliphatic heterocycles. The molecule has 0 amide bonds. The fourth-order valence-electron chi connectivity index (χ4n) is 1.76. The lowest BCUT2D eigenvalue weighted by Crippen LogP contribution is -2.20. The van der Waals surface area contributed by atoms with Gasteiger partial charge >= 0.3 is 0 Å². The van der Waals surface area contributed by atoms with Gasteiger partial charge in [0.05, 0.1) is 11.6 Å². The number of rotatable bonds is 5. The Hall–Kier alpha value is -1.61. The molecular formula is C14H18N2O. The van der Waals surface area contributed by atoms with E-state index in [0.717, 1.165) is 29.9 Å². The molecule has 0 aliphatic carbocycles. The van der Waals surface area contributed by atoms with E-state index >= 15 is 0 Å². The van der Waals surface area contributed by atoms with Crippen molar-refractivity contribution in [2.45, 2.75) is 20.0 Å². The summed E-state index contributed by atoms with van der Waals surface area (Å²) in [6, 6.07) is 12.2. The Morgan fingerprint density at radius 2 is 2.06 bits per heavy atom. The van der Waals surface area contributed by atoms with Gasteiger partial charge in [0.2, 0.25) is 0 Å². The summed E-state index contributed by atoms with van der Waals surface area (Å²) in [7, 11) is 0. The highest BCUT2D eigenvalue weighted by Gasteiger charge is 2.01. The monoisotopic (exact) mass is 230 g/mol. The molecule has 17 heavy (non-hydrogen) atoms. The predicted octanol–water partition coefficient (Wildman–Crippen LogP) is 3.07. The standard InChI is InChI=1S/C14H18N2O/c1-3-17-11(2)10-15-14-9-8-12-6-4-5-7-13(12)16-14/h4-9,11H,3,10H2,1-2H3,(H,15,16). The van der Waals surface area contributed by atoms with E-state index in [1.54, 1.807) is 0 Å². The molecule has 0 radical (unpaired) electrons. The molecule has 0 saturated carbocycles. The third-order valence-electron chi connectivity index (χ3n) is 2.62. The van der Waals surface area contributed by atoms with Crippen molar-refractivity contribution in [2.75, 3.05) is 18.5 Å². The summed E-state index contributed by atoms with van der Waals surface area (Å²) in [5.74, 6) is 0.898. The molecule has 2 aromatic rings. The van der Waals surface area contributed by atoms with Crippen LogP contribution < -0.4 is 5.32 Å². The molecule has 1 atom stereocenters. The molecule has 0 spiro atoms. The van der Waals surface area contributed by atoms with Crippen LogP contribution >= 0.6 is 0 Å². The Kier molecular flexibility index (Phi) is 3.94. The second-order valence-corrected chi connectivity index (χ2v) is 4.04. The van der Waals surface area contributed by atoms with Crippen LogP contribution in [0, 0.1) is 0 Å². The van der Waals surface area contributed by atoms with Gasteiger partial charge in [-0.3, -0.25) is 0 Å². The number of ether oxygens (including phenoxy) is 1. The number of para-hydroxylation sites is 1. The number of nitrogens with zero attached hydrogens (tertiary/aromatic N) is 1. The maximum atomic E-state index is 5.46. The van der Waals surface area contributed by atoms with Gasteiger partial charge < -0.3 is 10.1 Å². The number of pyridine rings is 1. The Morgan fingerprint density at radius 3 is 2.88 bits per heavy atom. The molecule has 0 saturated heterocycles. The number of fused-ring (bicyclic) bond motifs is 1. The SMILES string of the molecule is CCOC(C)CNc1ccc2ccccc2n1. The van der Waals surface area contributed by atoms with Crippen LogP contribution in [0.1, 0.15) is 13.8 Å². The third kappa shape index (κ3) is 3.17. The highest BCUT2D eigenvalue weighted by molar-refractivity contribution is 5.79. The average molecular weight is 230 g/mol. The maximum absolute atomic E-state index is 5.46. The van der Waals surface area contributed by atoms with Crippen molar-refractivity contribution in [2.24, 2.45) is 0 Å². The van der Waals surface area contributed by atoms with Crippen LogP contribution in [-0.2, 0) is 4.74 Å². The maximum Gasteiger partial charge on any atom is 0.126 e. The first kappa shape index (κ1) is 11.9. The molecule has 1 N–H and O–H groups in total. The molecule has 3 nitrogen and oxygen atoms in total. The summed E-state index contributed by atoms with van der Waals surface area (Å²) in [5, 5.41) is 4.45. The van der Waals surface area contributed by atoms with E-state index in [0.29, 0.717) is 0 Å². The lowest BCUT2D eigenvalue weighted by Gasteiger charge is -2.13. The number of hydrogen-bond acceptors (Lipinski definition) is 3. The van der Waals surface area contributed by atoms with Crippen molar-refractivity contribution in [1.29, 1.82) is 0 Å². The minimum absolute atomic E-state index is 0.202. The average Bonchev–Trinajstić information content (AvgIpc) is 2.36. The second kappa shape index (κ2) is 5.64. The number of anilines is 1. The van der Waals surface area contributed by atoms with Crippen molar-refractivity contribution in [3.8, 4) is 0 Å². The molecule has 90 valence electrons. The zero-order valence-electron chi connectivity index (χ0n) is 10.3. The highest BCUT2D eigenvalue weighted by atomic mass is 16.5. The Balaban J connectivity index is 2.04. The highest BCUT2D eigenvalue weighted by Crippen LogP contribution is 2.14. The first-order valence-corrected chi connectivity index (χ1v) is 6.01. The van der Waals surface area contributed by atoms with Crippen LogP contribution in [0.25, 0.3) is 10.9 Å². The number of benzene rings is 1. The minimum Gasteiger partial charge on any atom is -0.377 e. The van der Waals surface area contributed by atoms with Gasteiger partial charge in [-0.05, 0) is 32.0 Å². The smallest absolute Gasteiger partial charge is 0.126 e. The quantitative estimate of drug-likeness (QED) is 0.857. The topological polar surface area (TPSA) is 34.1 Å².